The predicted molar refractivity (Wildman–Crippen MR) is 86.0 cm³/mol. The van der Waals surface area contributed by atoms with Crippen LogP contribution in [0.25, 0.3) is 32.9 Å². The van der Waals surface area contributed by atoms with Gasteiger partial charge in [-0.05, 0) is 24.1 Å². The molecular weight excluding hydrogens is 242 g/mol. The number of nitrogens with one attached hydrogen (secondary N) is 1. The van der Waals surface area contributed by atoms with Crippen molar-refractivity contribution in [1.29, 1.82) is 0 Å². The monoisotopic (exact) mass is 257 g/mol. The number of aryl methyl sites for hydroxylation is 1. The molecule has 1 N–H and O–H groups in total. The Morgan fingerprint density at radius 1 is 0.700 bits per heavy atom. The molecule has 0 unspecified atom stereocenters. The van der Waals surface area contributed by atoms with E-state index in [-0.39, 0.29) is 0 Å². The maximum absolute atomic E-state index is 3.59. The topological polar surface area (TPSA) is 15.8 Å². The third-order valence-electron chi connectivity index (χ3n) is 3.95. The van der Waals surface area contributed by atoms with Crippen molar-refractivity contribution >= 4 is 21.8 Å². The van der Waals surface area contributed by atoms with Gasteiger partial charge in [0, 0.05) is 21.9 Å². The van der Waals surface area contributed by atoms with Gasteiger partial charge in [-0.1, -0.05) is 60.7 Å². The highest BCUT2D eigenvalue weighted by atomic mass is 14.7. The first-order chi connectivity index (χ1) is 9.84. The van der Waals surface area contributed by atoms with Crippen molar-refractivity contribution in [2.24, 2.45) is 0 Å². The Kier molecular flexibility index (Phi) is 2.40. The number of para-hydroxylation sites is 1. The van der Waals surface area contributed by atoms with Crippen LogP contribution in [-0.4, -0.2) is 4.98 Å². The number of aromatic nitrogens is 1. The molecule has 1 nitrogen and oxygen atoms in total. The van der Waals surface area contributed by atoms with Gasteiger partial charge < -0.3 is 4.98 Å². The Hall–Kier alpha value is -2.54. The lowest BCUT2D eigenvalue weighted by Gasteiger charge is -2.07. The predicted octanol–water partition coefficient (Wildman–Crippen LogP) is 5.30. The zero-order valence-electron chi connectivity index (χ0n) is 11.4. The third-order valence-corrected chi connectivity index (χ3v) is 3.95. The van der Waals surface area contributed by atoms with Gasteiger partial charge in [0.15, 0.2) is 0 Å². The molecule has 0 bridgehead atoms. The van der Waals surface area contributed by atoms with Gasteiger partial charge in [-0.2, -0.15) is 0 Å². The molecule has 0 atom stereocenters. The standard InChI is InChI=1S/C19H15N/c1-13-11-12-16-15-9-5-6-10-17(15)20-19(16)18(13)14-7-3-2-4-8-14/h2-12,20H,1H3. The lowest BCUT2D eigenvalue weighted by atomic mass is 9.97. The van der Waals surface area contributed by atoms with Crippen LogP contribution in [0.3, 0.4) is 0 Å². The van der Waals surface area contributed by atoms with Crippen LogP contribution in [0, 0.1) is 6.92 Å². The van der Waals surface area contributed by atoms with Crippen LogP contribution in [0.2, 0.25) is 0 Å². The highest BCUT2D eigenvalue weighted by Crippen LogP contribution is 2.35. The van der Waals surface area contributed by atoms with Crippen molar-refractivity contribution in [1.82, 2.24) is 4.98 Å². The molecule has 0 saturated heterocycles. The fraction of sp³-hybridized carbons (Fsp3) is 0.0526. The van der Waals surface area contributed by atoms with Crippen LogP contribution in [0.5, 0.6) is 0 Å². The summed E-state index contributed by atoms with van der Waals surface area (Å²) < 4.78 is 0. The molecule has 3 aromatic carbocycles. The quantitative estimate of drug-likeness (QED) is 0.476. The molecule has 0 fully saturated rings. The van der Waals surface area contributed by atoms with Crippen LogP contribution >= 0.6 is 0 Å². The van der Waals surface area contributed by atoms with E-state index in [4.69, 9.17) is 0 Å². The number of rotatable bonds is 1. The van der Waals surface area contributed by atoms with E-state index in [2.05, 4.69) is 78.6 Å². The van der Waals surface area contributed by atoms with Gasteiger partial charge >= 0.3 is 0 Å². The van der Waals surface area contributed by atoms with Crippen molar-refractivity contribution in [2.75, 3.05) is 0 Å². The molecule has 20 heavy (non-hydrogen) atoms. The minimum atomic E-state index is 1.20. The zero-order valence-corrected chi connectivity index (χ0v) is 11.4. The number of benzene rings is 3. The molecule has 0 amide bonds. The molecule has 4 aromatic rings. The molecule has 0 aliphatic heterocycles. The van der Waals surface area contributed by atoms with E-state index >= 15 is 0 Å². The summed E-state index contributed by atoms with van der Waals surface area (Å²) in [5.74, 6) is 0. The average Bonchev–Trinajstić information content (AvgIpc) is 2.86. The Balaban J connectivity index is 2.17. The summed E-state index contributed by atoms with van der Waals surface area (Å²) in [6.07, 6.45) is 0. The first kappa shape index (κ1) is 11.3. The molecule has 0 radical (unpaired) electrons. The lowest BCUT2D eigenvalue weighted by molar-refractivity contribution is 1.46. The van der Waals surface area contributed by atoms with Crippen molar-refractivity contribution in [3.05, 3.63) is 72.3 Å². The minimum absolute atomic E-state index is 1.20. The van der Waals surface area contributed by atoms with Crippen LogP contribution in [-0.2, 0) is 0 Å². The smallest absolute Gasteiger partial charge is 0.0547 e. The summed E-state index contributed by atoms with van der Waals surface area (Å²) in [6, 6.07) is 23.5. The first-order valence-corrected chi connectivity index (χ1v) is 6.90. The Bertz CT molecular complexity index is 901. The van der Waals surface area contributed by atoms with Gasteiger partial charge in [-0.15, -0.1) is 0 Å². The van der Waals surface area contributed by atoms with Gasteiger partial charge in [-0.3, -0.25) is 0 Å². The van der Waals surface area contributed by atoms with Crippen LogP contribution < -0.4 is 0 Å². The van der Waals surface area contributed by atoms with E-state index in [1.54, 1.807) is 0 Å². The van der Waals surface area contributed by atoms with Gasteiger partial charge in [-0.25, -0.2) is 0 Å². The van der Waals surface area contributed by atoms with Crippen LogP contribution in [0.15, 0.2) is 66.7 Å². The molecule has 0 saturated carbocycles. The fourth-order valence-corrected chi connectivity index (χ4v) is 3.00. The second-order valence-corrected chi connectivity index (χ2v) is 5.22. The van der Waals surface area contributed by atoms with E-state index in [0.29, 0.717) is 0 Å². The van der Waals surface area contributed by atoms with Crippen molar-refractivity contribution in [3.63, 3.8) is 0 Å². The zero-order chi connectivity index (χ0) is 13.5. The number of hydrogen-bond acceptors (Lipinski definition) is 0. The maximum Gasteiger partial charge on any atom is 0.0547 e. The Labute approximate surface area is 117 Å². The summed E-state index contributed by atoms with van der Waals surface area (Å²) in [5.41, 5.74) is 6.30. The fourth-order valence-electron chi connectivity index (χ4n) is 3.00. The molecule has 0 spiro atoms. The largest absolute Gasteiger partial charge is 0.354 e. The third kappa shape index (κ3) is 1.56. The summed E-state index contributed by atoms with van der Waals surface area (Å²) >= 11 is 0. The van der Waals surface area contributed by atoms with Crippen molar-refractivity contribution in [2.45, 2.75) is 6.92 Å². The van der Waals surface area contributed by atoms with Gasteiger partial charge in [0.1, 0.15) is 0 Å². The number of fused-ring (bicyclic) bond motifs is 3. The van der Waals surface area contributed by atoms with Crippen LogP contribution in [0.4, 0.5) is 0 Å². The van der Waals surface area contributed by atoms with Gasteiger partial charge in [0.05, 0.1) is 5.52 Å². The molecule has 0 aliphatic carbocycles. The minimum Gasteiger partial charge on any atom is -0.354 e. The van der Waals surface area contributed by atoms with E-state index in [0.717, 1.165) is 0 Å². The van der Waals surface area contributed by atoms with Crippen LogP contribution in [0.1, 0.15) is 5.56 Å². The molecular formula is C19H15N. The van der Waals surface area contributed by atoms with Crippen molar-refractivity contribution in [3.8, 4) is 11.1 Å². The average molecular weight is 257 g/mol. The molecule has 4 rings (SSSR count). The molecule has 1 heterocycles. The van der Waals surface area contributed by atoms with Crippen molar-refractivity contribution < 1.29 is 0 Å². The summed E-state index contributed by atoms with van der Waals surface area (Å²) in [7, 11) is 0. The normalized spacial score (nSPS) is 11.2. The van der Waals surface area contributed by atoms with E-state index < -0.39 is 0 Å². The lowest BCUT2D eigenvalue weighted by Crippen LogP contribution is -1.85. The Morgan fingerprint density at radius 2 is 1.45 bits per heavy atom. The van der Waals surface area contributed by atoms with E-state index in [1.807, 2.05) is 0 Å². The second kappa shape index (κ2) is 4.24. The number of hydrogen-bond donors (Lipinski definition) is 1. The highest BCUT2D eigenvalue weighted by Gasteiger charge is 2.11. The van der Waals surface area contributed by atoms with E-state index in [9.17, 15) is 0 Å². The molecule has 96 valence electrons. The highest BCUT2D eigenvalue weighted by molar-refractivity contribution is 6.12. The number of H-pyrrole nitrogens is 1. The summed E-state index contributed by atoms with van der Waals surface area (Å²) in [4.78, 5) is 3.59. The SMILES string of the molecule is Cc1ccc2c([nH]c3ccccc32)c1-c1ccccc1. The van der Waals surface area contributed by atoms with Gasteiger partial charge in [0.25, 0.3) is 0 Å². The Morgan fingerprint density at radius 3 is 2.30 bits per heavy atom. The summed E-state index contributed by atoms with van der Waals surface area (Å²) in [5, 5.41) is 2.59. The van der Waals surface area contributed by atoms with Gasteiger partial charge in [0.2, 0.25) is 0 Å². The molecule has 0 aliphatic rings. The van der Waals surface area contributed by atoms with E-state index in [1.165, 1.54) is 38.5 Å². The first-order valence-electron chi connectivity index (χ1n) is 6.90. The maximum atomic E-state index is 3.59. The summed E-state index contributed by atoms with van der Waals surface area (Å²) in [6.45, 7) is 2.17. The second-order valence-electron chi connectivity index (χ2n) is 5.22. The molecule has 1 aromatic heterocycles. The number of aromatic amines is 1. The molecule has 1 heteroatoms.